The van der Waals surface area contributed by atoms with Crippen molar-refractivity contribution in [2.45, 2.75) is 206 Å². The van der Waals surface area contributed by atoms with Crippen LogP contribution < -0.4 is 0 Å². The minimum atomic E-state index is -4.26. The van der Waals surface area contributed by atoms with Crippen molar-refractivity contribution in [3.8, 4) is 0 Å². The van der Waals surface area contributed by atoms with Crippen LogP contribution in [0.5, 0.6) is 0 Å². The molecule has 0 aliphatic carbocycles. The molecule has 0 aromatic heterocycles. The van der Waals surface area contributed by atoms with E-state index in [1.807, 2.05) is 0 Å². The van der Waals surface area contributed by atoms with Crippen molar-refractivity contribution in [1.82, 2.24) is 4.90 Å². The van der Waals surface area contributed by atoms with Gasteiger partial charge >= 0.3 is 7.82 Å². The molecule has 0 aromatic carbocycles. The summed E-state index contributed by atoms with van der Waals surface area (Å²) in [4.78, 5) is 19.3. The Morgan fingerprint density at radius 3 is 0.935 bits per heavy atom. The van der Waals surface area contributed by atoms with Crippen molar-refractivity contribution in [1.29, 1.82) is 0 Å². The topological polar surface area (TPSA) is 110 Å². The maximum atomic E-state index is 10.5. The van der Waals surface area contributed by atoms with Gasteiger partial charge in [-0.15, -0.1) is 0 Å². The largest absolute Gasteiger partial charge is 0.469 e. The standard InChI is InChI=1S/C22H47O4P.C16H35NO2/c1-2-3-4-5-6-7-8-9-10-11-12-13-14-15-16-17-18-19-20-21-22-26-27(23,24)25;1-2-3-4-5-6-7-8-9-10-11-12-17(13-15-18)14-16-19/h2-22H2,1H3,(H2,23,24,25);18-19H,2-16H2,1H3. The van der Waals surface area contributed by atoms with E-state index in [1.165, 1.54) is 173 Å². The van der Waals surface area contributed by atoms with Crippen molar-refractivity contribution >= 4 is 7.82 Å². The van der Waals surface area contributed by atoms with Gasteiger partial charge in [-0.2, -0.15) is 0 Å². The Kier molecular flexibility index (Phi) is 43.0. The Morgan fingerprint density at radius 1 is 0.413 bits per heavy atom. The molecule has 0 bridgehead atoms. The second-order valence-electron chi connectivity index (χ2n) is 13.5. The lowest BCUT2D eigenvalue weighted by Crippen LogP contribution is -2.30. The molecular formula is C38H82NO6P. The van der Waals surface area contributed by atoms with E-state index in [4.69, 9.17) is 20.0 Å². The molecule has 0 aliphatic heterocycles. The first-order valence-corrected chi connectivity index (χ1v) is 21.6. The first kappa shape index (κ1) is 48.1. The van der Waals surface area contributed by atoms with E-state index in [2.05, 4.69) is 23.3 Å². The van der Waals surface area contributed by atoms with Gasteiger partial charge < -0.3 is 20.0 Å². The molecule has 4 N–H and O–H groups in total. The first-order valence-electron chi connectivity index (χ1n) is 20.0. The fourth-order valence-electron chi connectivity index (χ4n) is 5.98. The van der Waals surface area contributed by atoms with E-state index >= 15 is 0 Å². The third kappa shape index (κ3) is 46.1. The van der Waals surface area contributed by atoms with Crippen LogP contribution in [0.3, 0.4) is 0 Å². The van der Waals surface area contributed by atoms with Gasteiger partial charge in [-0.1, -0.05) is 194 Å². The van der Waals surface area contributed by atoms with Crippen molar-refractivity contribution in [3.63, 3.8) is 0 Å². The van der Waals surface area contributed by atoms with Crippen LogP contribution >= 0.6 is 7.82 Å². The SMILES string of the molecule is CCCCCCCCCCCCCCCCCCCCCCOP(=O)(O)O.CCCCCCCCCCCCN(CCO)CCO. The van der Waals surface area contributed by atoms with E-state index in [1.54, 1.807) is 0 Å². The Balaban J connectivity index is 0. The summed E-state index contributed by atoms with van der Waals surface area (Å²) in [6.45, 7) is 7.49. The zero-order valence-electron chi connectivity index (χ0n) is 31.0. The Bertz CT molecular complexity index is 586. The monoisotopic (exact) mass is 680 g/mol. The van der Waals surface area contributed by atoms with Crippen LogP contribution in [0.25, 0.3) is 0 Å². The highest BCUT2D eigenvalue weighted by Crippen LogP contribution is 2.35. The molecule has 8 heteroatoms. The molecule has 0 heterocycles. The van der Waals surface area contributed by atoms with Gasteiger partial charge in [-0.25, -0.2) is 4.57 Å². The van der Waals surface area contributed by atoms with Gasteiger partial charge in [-0.05, 0) is 19.4 Å². The summed E-state index contributed by atoms with van der Waals surface area (Å²) in [7, 11) is -4.26. The summed E-state index contributed by atoms with van der Waals surface area (Å²) in [5, 5.41) is 17.8. The number of phosphoric ester groups is 1. The molecule has 0 atom stereocenters. The Labute approximate surface area is 287 Å². The molecule has 0 radical (unpaired) electrons. The van der Waals surface area contributed by atoms with E-state index in [0.717, 1.165) is 25.8 Å². The summed E-state index contributed by atoms with van der Waals surface area (Å²) in [6, 6.07) is 0. The molecule has 0 spiro atoms. The number of nitrogens with zero attached hydrogens (tertiary/aromatic N) is 1. The van der Waals surface area contributed by atoms with Gasteiger partial charge in [0.15, 0.2) is 0 Å². The fourth-order valence-corrected chi connectivity index (χ4v) is 6.35. The molecule has 0 fully saturated rings. The number of hydrogen-bond acceptors (Lipinski definition) is 5. The summed E-state index contributed by atoms with van der Waals surface area (Å²) in [6.07, 6.45) is 40.1. The van der Waals surface area contributed by atoms with Crippen molar-refractivity contribution < 1.29 is 29.1 Å². The highest BCUT2D eigenvalue weighted by Gasteiger charge is 2.12. The lowest BCUT2D eigenvalue weighted by molar-refractivity contribution is 0.159. The third-order valence-electron chi connectivity index (χ3n) is 8.92. The maximum Gasteiger partial charge on any atom is 0.469 e. The van der Waals surface area contributed by atoms with Gasteiger partial charge in [0.25, 0.3) is 0 Å². The molecule has 7 nitrogen and oxygen atoms in total. The molecule has 46 heavy (non-hydrogen) atoms. The highest BCUT2D eigenvalue weighted by atomic mass is 31.2. The summed E-state index contributed by atoms with van der Waals surface area (Å²) in [5.41, 5.74) is 0. The predicted octanol–water partition coefficient (Wildman–Crippen LogP) is 11.1. The number of phosphoric acid groups is 1. The number of aliphatic hydroxyl groups excluding tert-OH is 2. The minimum Gasteiger partial charge on any atom is -0.395 e. The summed E-state index contributed by atoms with van der Waals surface area (Å²) < 4.78 is 14.9. The molecule has 0 saturated carbocycles. The third-order valence-corrected chi connectivity index (χ3v) is 9.44. The van der Waals surface area contributed by atoms with Gasteiger partial charge in [0.2, 0.25) is 0 Å². The second kappa shape index (κ2) is 41.2. The van der Waals surface area contributed by atoms with E-state index < -0.39 is 7.82 Å². The molecular weight excluding hydrogens is 597 g/mol. The van der Waals surface area contributed by atoms with Crippen LogP contribution in [0.1, 0.15) is 206 Å². The van der Waals surface area contributed by atoms with Gasteiger partial charge in [0, 0.05) is 13.1 Å². The van der Waals surface area contributed by atoms with E-state index in [9.17, 15) is 4.57 Å². The lowest BCUT2D eigenvalue weighted by Gasteiger charge is -2.19. The molecule has 0 aliphatic rings. The van der Waals surface area contributed by atoms with Crippen LogP contribution in [-0.2, 0) is 9.09 Å². The molecule has 0 unspecified atom stereocenters. The van der Waals surface area contributed by atoms with Gasteiger partial charge in [0.05, 0.1) is 19.8 Å². The molecule has 280 valence electrons. The number of hydrogen-bond donors (Lipinski definition) is 4. The summed E-state index contributed by atoms with van der Waals surface area (Å²) >= 11 is 0. The predicted molar refractivity (Wildman–Crippen MR) is 198 cm³/mol. The van der Waals surface area contributed by atoms with Gasteiger partial charge in [0.1, 0.15) is 0 Å². The number of rotatable bonds is 37. The van der Waals surface area contributed by atoms with Crippen LogP contribution in [0, 0.1) is 0 Å². The number of aliphatic hydroxyl groups is 2. The Hall–Kier alpha value is -0.0100. The average molecular weight is 680 g/mol. The van der Waals surface area contributed by atoms with Crippen molar-refractivity contribution in [2.24, 2.45) is 0 Å². The number of unbranched alkanes of at least 4 members (excludes halogenated alkanes) is 28. The van der Waals surface area contributed by atoms with Crippen molar-refractivity contribution in [2.75, 3.05) is 39.5 Å². The van der Waals surface area contributed by atoms with Crippen molar-refractivity contribution in [3.05, 3.63) is 0 Å². The lowest BCUT2D eigenvalue weighted by atomic mass is 10.0. The normalized spacial score (nSPS) is 11.7. The van der Waals surface area contributed by atoms with E-state index in [0.29, 0.717) is 13.1 Å². The smallest absolute Gasteiger partial charge is 0.395 e. The summed E-state index contributed by atoms with van der Waals surface area (Å²) in [5.74, 6) is 0. The van der Waals surface area contributed by atoms with Crippen LogP contribution in [0.4, 0.5) is 0 Å². The Morgan fingerprint density at radius 2 is 0.674 bits per heavy atom. The van der Waals surface area contributed by atoms with E-state index in [-0.39, 0.29) is 19.8 Å². The van der Waals surface area contributed by atoms with Crippen LogP contribution in [-0.4, -0.2) is 64.4 Å². The first-order chi connectivity index (χ1) is 22.4. The van der Waals surface area contributed by atoms with Crippen LogP contribution in [0.15, 0.2) is 0 Å². The van der Waals surface area contributed by atoms with Gasteiger partial charge in [-0.3, -0.25) is 9.42 Å². The molecule has 0 aromatic rings. The molecule has 0 amide bonds. The highest BCUT2D eigenvalue weighted by molar-refractivity contribution is 7.46. The average Bonchev–Trinajstić information content (AvgIpc) is 3.02. The second-order valence-corrected chi connectivity index (χ2v) is 14.8. The fraction of sp³-hybridized carbons (Fsp3) is 1.00. The minimum absolute atomic E-state index is 0.170. The maximum absolute atomic E-state index is 10.5. The zero-order chi connectivity index (χ0) is 34.2. The zero-order valence-corrected chi connectivity index (χ0v) is 31.9. The molecule has 0 saturated heterocycles. The van der Waals surface area contributed by atoms with Crippen LogP contribution in [0.2, 0.25) is 0 Å². The quantitative estimate of drug-likeness (QED) is 0.0382. The molecule has 0 rings (SSSR count).